The van der Waals surface area contributed by atoms with Crippen LogP contribution in [0.3, 0.4) is 0 Å². The minimum atomic E-state index is -0.326. The van der Waals surface area contributed by atoms with Crippen LogP contribution in [0.2, 0.25) is 0 Å². The Morgan fingerprint density at radius 3 is 2.24 bits per heavy atom. The Balaban J connectivity index is 1.63. The summed E-state index contributed by atoms with van der Waals surface area (Å²) < 4.78 is 0. The van der Waals surface area contributed by atoms with Crippen LogP contribution in [-0.4, -0.2) is 17.7 Å². The normalized spacial score (nSPS) is 12.8. The van der Waals surface area contributed by atoms with E-state index in [1.54, 1.807) is 18.2 Å². The largest absolute Gasteiger partial charge is 0.325 e. The van der Waals surface area contributed by atoms with Crippen molar-refractivity contribution < 1.29 is 14.4 Å². The van der Waals surface area contributed by atoms with Crippen molar-refractivity contribution in [2.75, 3.05) is 10.2 Å². The molecule has 3 amide bonds. The second-order valence-corrected chi connectivity index (χ2v) is 8.93. The number of carbonyl (C=O) groups excluding carboxylic acids is 3. The first-order valence-electron chi connectivity index (χ1n) is 10.5. The number of hydrogen-bond donors (Lipinski definition) is 1. The molecule has 5 nitrogen and oxygen atoms in total. The van der Waals surface area contributed by atoms with Gasteiger partial charge in [0.2, 0.25) is 5.91 Å². The van der Waals surface area contributed by atoms with Crippen molar-refractivity contribution in [2.45, 2.75) is 23.6 Å². The number of imide groups is 1. The number of hydrogen-bond acceptors (Lipinski definition) is 4. The van der Waals surface area contributed by atoms with E-state index in [0.29, 0.717) is 27.9 Å². The zero-order chi connectivity index (χ0) is 23.1. The summed E-state index contributed by atoms with van der Waals surface area (Å²) in [5, 5.41) is 4.35. The van der Waals surface area contributed by atoms with Crippen LogP contribution in [0.25, 0.3) is 10.8 Å². The standard InChI is InChI=1S/C27H20N2O3S/c1-16-8-3-5-12-22(16)29-26(31)19-10-7-9-18-23(15-14-20(25(18)19)27(29)32)33-24-13-6-4-11-21(24)28-17(2)30/h3-15H,1-2H3,(H,28,30). The molecule has 5 rings (SSSR count). The average Bonchev–Trinajstić information content (AvgIpc) is 2.80. The molecule has 1 heterocycles. The van der Waals surface area contributed by atoms with Crippen molar-refractivity contribution in [3.05, 3.63) is 95.6 Å². The quantitative estimate of drug-likeness (QED) is 0.382. The molecule has 0 saturated heterocycles. The molecule has 1 aliphatic rings. The van der Waals surface area contributed by atoms with Crippen LogP contribution in [0.15, 0.2) is 88.7 Å². The third kappa shape index (κ3) is 3.58. The van der Waals surface area contributed by atoms with Crippen molar-refractivity contribution in [1.29, 1.82) is 0 Å². The molecule has 4 aromatic rings. The van der Waals surface area contributed by atoms with E-state index >= 15 is 0 Å². The second kappa shape index (κ2) is 8.22. The van der Waals surface area contributed by atoms with Crippen LogP contribution in [-0.2, 0) is 4.79 Å². The van der Waals surface area contributed by atoms with E-state index in [1.165, 1.54) is 23.6 Å². The second-order valence-electron chi connectivity index (χ2n) is 7.85. The maximum absolute atomic E-state index is 13.5. The van der Waals surface area contributed by atoms with Gasteiger partial charge in [0.15, 0.2) is 0 Å². The Morgan fingerprint density at radius 1 is 0.788 bits per heavy atom. The van der Waals surface area contributed by atoms with Crippen LogP contribution in [0.1, 0.15) is 33.2 Å². The molecule has 0 spiro atoms. The summed E-state index contributed by atoms with van der Waals surface area (Å²) >= 11 is 1.49. The Hall–Kier alpha value is -3.90. The predicted molar refractivity (Wildman–Crippen MR) is 131 cm³/mol. The van der Waals surface area contributed by atoms with Gasteiger partial charge >= 0.3 is 0 Å². The lowest BCUT2D eigenvalue weighted by molar-refractivity contribution is -0.114. The van der Waals surface area contributed by atoms with Gasteiger partial charge in [-0.3, -0.25) is 14.4 Å². The van der Waals surface area contributed by atoms with E-state index in [2.05, 4.69) is 5.32 Å². The fourth-order valence-corrected chi connectivity index (χ4v) is 5.19. The number of nitrogens with one attached hydrogen (secondary N) is 1. The summed E-state index contributed by atoms with van der Waals surface area (Å²) in [4.78, 5) is 41.6. The molecular formula is C27H20N2O3S. The number of rotatable bonds is 4. The average molecular weight is 453 g/mol. The lowest BCUT2D eigenvalue weighted by atomic mass is 9.93. The summed E-state index contributed by atoms with van der Waals surface area (Å²) in [6, 6.07) is 24.2. The fraction of sp³-hybridized carbons (Fsp3) is 0.0741. The molecular weight excluding hydrogens is 432 g/mol. The smallest absolute Gasteiger partial charge is 0.265 e. The lowest BCUT2D eigenvalue weighted by Gasteiger charge is -2.28. The Kier molecular flexibility index (Phi) is 5.23. The molecule has 1 aliphatic heterocycles. The monoisotopic (exact) mass is 452 g/mol. The minimum absolute atomic E-state index is 0.146. The maximum Gasteiger partial charge on any atom is 0.265 e. The first-order valence-corrected chi connectivity index (χ1v) is 11.3. The highest BCUT2D eigenvalue weighted by atomic mass is 32.2. The molecule has 1 N–H and O–H groups in total. The fourth-order valence-electron chi connectivity index (χ4n) is 4.16. The van der Waals surface area contributed by atoms with Gasteiger partial charge in [0.25, 0.3) is 11.8 Å². The molecule has 0 aromatic heterocycles. The van der Waals surface area contributed by atoms with E-state index in [1.807, 2.05) is 67.6 Å². The molecule has 33 heavy (non-hydrogen) atoms. The van der Waals surface area contributed by atoms with E-state index in [9.17, 15) is 14.4 Å². The first kappa shape index (κ1) is 21.0. The lowest BCUT2D eigenvalue weighted by Crippen LogP contribution is -2.40. The number of carbonyl (C=O) groups is 3. The molecule has 0 unspecified atom stereocenters. The van der Waals surface area contributed by atoms with Crippen molar-refractivity contribution >= 4 is 51.6 Å². The van der Waals surface area contributed by atoms with E-state index in [-0.39, 0.29) is 17.7 Å². The number of aryl methyl sites for hydroxylation is 1. The summed E-state index contributed by atoms with van der Waals surface area (Å²) in [7, 11) is 0. The van der Waals surface area contributed by atoms with Crippen LogP contribution in [0.5, 0.6) is 0 Å². The summed E-state index contributed by atoms with van der Waals surface area (Å²) in [5.41, 5.74) is 3.17. The molecule has 0 bridgehead atoms. The molecule has 0 saturated carbocycles. The van der Waals surface area contributed by atoms with Gasteiger partial charge in [-0.2, -0.15) is 0 Å². The van der Waals surface area contributed by atoms with Crippen molar-refractivity contribution in [3.8, 4) is 0 Å². The highest BCUT2D eigenvalue weighted by Crippen LogP contribution is 2.41. The van der Waals surface area contributed by atoms with Gasteiger partial charge in [-0.25, -0.2) is 4.90 Å². The van der Waals surface area contributed by atoms with Gasteiger partial charge in [-0.15, -0.1) is 0 Å². The first-order chi connectivity index (χ1) is 16.0. The number of para-hydroxylation sites is 2. The van der Waals surface area contributed by atoms with E-state index in [4.69, 9.17) is 0 Å². The molecule has 0 fully saturated rings. The molecule has 0 aliphatic carbocycles. The topological polar surface area (TPSA) is 66.5 Å². The van der Waals surface area contributed by atoms with Gasteiger partial charge in [-0.1, -0.05) is 54.2 Å². The molecule has 162 valence electrons. The van der Waals surface area contributed by atoms with Crippen molar-refractivity contribution in [1.82, 2.24) is 0 Å². The predicted octanol–water partition coefficient (Wildman–Crippen LogP) is 6.06. The number of amides is 3. The van der Waals surface area contributed by atoms with Crippen molar-refractivity contribution in [2.24, 2.45) is 0 Å². The minimum Gasteiger partial charge on any atom is -0.325 e. The third-order valence-corrected chi connectivity index (χ3v) is 6.79. The Morgan fingerprint density at radius 2 is 1.48 bits per heavy atom. The summed E-state index contributed by atoms with van der Waals surface area (Å²) in [6.07, 6.45) is 0. The highest BCUT2D eigenvalue weighted by molar-refractivity contribution is 7.99. The molecule has 6 heteroatoms. The van der Waals surface area contributed by atoms with Crippen LogP contribution >= 0.6 is 11.8 Å². The Bertz CT molecular complexity index is 1440. The Labute approximate surface area is 195 Å². The number of anilines is 2. The molecule has 0 atom stereocenters. The van der Waals surface area contributed by atoms with Gasteiger partial charge < -0.3 is 5.32 Å². The van der Waals surface area contributed by atoms with Gasteiger partial charge in [0, 0.05) is 33.2 Å². The number of benzene rings is 4. The highest BCUT2D eigenvalue weighted by Gasteiger charge is 2.35. The molecule has 0 radical (unpaired) electrons. The summed E-state index contributed by atoms with van der Waals surface area (Å²) in [5.74, 6) is -0.797. The zero-order valence-electron chi connectivity index (χ0n) is 18.1. The van der Waals surface area contributed by atoms with E-state index < -0.39 is 0 Å². The SMILES string of the molecule is CC(=O)Nc1ccccc1Sc1ccc2c3c(cccc13)C(=O)N(c1ccccc1C)C2=O. The van der Waals surface area contributed by atoms with Gasteiger partial charge in [0.05, 0.1) is 11.4 Å². The van der Waals surface area contributed by atoms with Gasteiger partial charge in [-0.05, 0) is 54.3 Å². The third-order valence-electron chi connectivity index (χ3n) is 5.64. The zero-order valence-corrected chi connectivity index (χ0v) is 18.9. The van der Waals surface area contributed by atoms with Crippen molar-refractivity contribution in [3.63, 3.8) is 0 Å². The van der Waals surface area contributed by atoms with Crippen LogP contribution in [0.4, 0.5) is 11.4 Å². The number of nitrogens with zero attached hydrogens (tertiary/aromatic N) is 1. The van der Waals surface area contributed by atoms with Crippen LogP contribution < -0.4 is 10.2 Å². The maximum atomic E-state index is 13.5. The molecule has 4 aromatic carbocycles. The van der Waals surface area contributed by atoms with Gasteiger partial charge in [0.1, 0.15) is 0 Å². The summed E-state index contributed by atoms with van der Waals surface area (Å²) in [6.45, 7) is 3.36. The van der Waals surface area contributed by atoms with Crippen LogP contribution in [0, 0.1) is 6.92 Å². The van der Waals surface area contributed by atoms with E-state index in [0.717, 1.165) is 20.7 Å².